The molecule has 1 aliphatic carbocycles. The second-order valence-electron chi connectivity index (χ2n) is 7.39. The number of nitrogens with zero attached hydrogens (tertiary/aromatic N) is 3. The molecule has 2 N–H and O–H groups in total. The summed E-state index contributed by atoms with van der Waals surface area (Å²) in [5.74, 6) is 1.68. The Kier molecular flexibility index (Phi) is 3.58. The van der Waals surface area contributed by atoms with Gasteiger partial charge in [0.1, 0.15) is 0 Å². The van der Waals surface area contributed by atoms with E-state index < -0.39 is 0 Å². The molecule has 0 amide bonds. The van der Waals surface area contributed by atoms with E-state index in [0.717, 1.165) is 38.7 Å². The van der Waals surface area contributed by atoms with Crippen molar-refractivity contribution >= 4 is 0 Å². The largest absolute Gasteiger partial charge is 0.379 e. The van der Waals surface area contributed by atoms with E-state index in [-0.39, 0.29) is 16.9 Å². The molecule has 1 unspecified atom stereocenters. The maximum absolute atomic E-state index is 6.23. The molecule has 3 rings (SSSR count). The molecule has 0 bridgehead atoms. The smallest absolute Gasteiger partial charge is 0.230 e. The molecule has 1 saturated heterocycles. The fourth-order valence-corrected chi connectivity index (χ4v) is 3.47. The van der Waals surface area contributed by atoms with Gasteiger partial charge in [-0.3, -0.25) is 4.90 Å². The fraction of sp³-hybridized carbons (Fsp3) is 0.867. The average molecular weight is 294 g/mol. The fourth-order valence-electron chi connectivity index (χ4n) is 3.47. The van der Waals surface area contributed by atoms with Gasteiger partial charge in [-0.1, -0.05) is 32.9 Å². The van der Waals surface area contributed by atoms with Crippen molar-refractivity contribution in [2.24, 2.45) is 16.6 Å². The molecule has 0 radical (unpaired) electrons. The summed E-state index contributed by atoms with van der Waals surface area (Å²) >= 11 is 0. The van der Waals surface area contributed by atoms with Gasteiger partial charge in [-0.05, 0) is 10.8 Å². The maximum atomic E-state index is 6.23. The average Bonchev–Trinajstić information content (AvgIpc) is 2.79. The van der Waals surface area contributed by atoms with Gasteiger partial charge in [0.2, 0.25) is 5.89 Å². The SMILES string of the molecule is CC1(C)C(c2nc(C(N)CN3CCOCC3)no2)C1(C)C. The first kappa shape index (κ1) is 14.9. The lowest BCUT2D eigenvalue weighted by molar-refractivity contribution is 0.0348. The molecule has 2 fully saturated rings. The third-order valence-electron chi connectivity index (χ3n) is 5.62. The van der Waals surface area contributed by atoms with Crippen molar-refractivity contribution in [3.8, 4) is 0 Å². The number of ether oxygens (including phenoxy) is 1. The standard InChI is InChI=1S/C15H26N4O2/c1-14(2)11(15(14,3)4)13-17-12(18-21-13)10(16)9-19-5-7-20-8-6-19/h10-11H,5-9,16H2,1-4H3. The van der Waals surface area contributed by atoms with Gasteiger partial charge >= 0.3 is 0 Å². The van der Waals surface area contributed by atoms with Gasteiger partial charge in [-0.2, -0.15) is 4.98 Å². The van der Waals surface area contributed by atoms with Crippen LogP contribution < -0.4 is 5.73 Å². The van der Waals surface area contributed by atoms with Gasteiger partial charge in [0.15, 0.2) is 5.82 Å². The van der Waals surface area contributed by atoms with Crippen LogP contribution in [0.2, 0.25) is 0 Å². The predicted molar refractivity (Wildman–Crippen MR) is 78.8 cm³/mol. The van der Waals surface area contributed by atoms with Crippen LogP contribution in [-0.4, -0.2) is 47.9 Å². The summed E-state index contributed by atoms with van der Waals surface area (Å²) in [6, 6.07) is -0.203. The molecule has 6 nitrogen and oxygen atoms in total. The molecule has 6 heteroatoms. The quantitative estimate of drug-likeness (QED) is 0.908. The van der Waals surface area contributed by atoms with E-state index in [1.165, 1.54) is 0 Å². The third kappa shape index (κ3) is 2.49. The van der Waals surface area contributed by atoms with Crippen molar-refractivity contribution in [1.82, 2.24) is 15.0 Å². The minimum Gasteiger partial charge on any atom is -0.379 e. The minimum absolute atomic E-state index is 0.200. The van der Waals surface area contributed by atoms with Gasteiger partial charge in [-0.25, -0.2) is 0 Å². The van der Waals surface area contributed by atoms with Crippen LogP contribution in [0.25, 0.3) is 0 Å². The number of nitrogens with two attached hydrogens (primary N) is 1. The summed E-state index contributed by atoms with van der Waals surface area (Å²) in [6.07, 6.45) is 0. The van der Waals surface area contributed by atoms with Crippen molar-refractivity contribution in [3.05, 3.63) is 11.7 Å². The van der Waals surface area contributed by atoms with E-state index in [2.05, 4.69) is 42.7 Å². The van der Waals surface area contributed by atoms with Crippen LogP contribution in [0.15, 0.2) is 4.52 Å². The van der Waals surface area contributed by atoms with Crippen LogP contribution in [0.5, 0.6) is 0 Å². The molecule has 2 heterocycles. The molecule has 21 heavy (non-hydrogen) atoms. The molecule has 1 saturated carbocycles. The van der Waals surface area contributed by atoms with E-state index in [0.29, 0.717) is 11.7 Å². The normalized spacial score (nSPS) is 26.7. The molecule has 1 aromatic heterocycles. The summed E-state index contributed by atoms with van der Waals surface area (Å²) in [4.78, 5) is 6.86. The van der Waals surface area contributed by atoms with Crippen LogP contribution in [0, 0.1) is 10.8 Å². The number of morpholine rings is 1. The number of aromatic nitrogens is 2. The van der Waals surface area contributed by atoms with E-state index >= 15 is 0 Å². The van der Waals surface area contributed by atoms with E-state index in [9.17, 15) is 0 Å². The summed E-state index contributed by atoms with van der Waals surface area (Å²) in [6.45, 7) is 13.1. The summed E-state index contributed by atoms with van der Waals surface area (Å²) in [7, 11) is 0. The molecule has 0 spiro atoms. The topological polar surface area (TPSA) is 77.4 Å². The molecule has 2 aliphatic rings. The van der Waals surface area contributed by atoms with Crippen molar-refractivity contribution in [1.29, 1.82) is 0 Å². The van der Waals surface area contributed by atoms with Crippen LogP contribution in [0.1, 0.15) is 51.4 Å². The molecule has 1 aliphatic heterocycles. The van der Waals surface area contributed by atoms with Crippen LogP contribution >= 0.6 is 0 Å². The summed E-state index contributed by atoms with van der Waals surface area (Å²) in [5.41, 5.74) is 6.63. The van der Waals surface area contributed by atoms with Crippen molar-refractivity contribution in [2.75, 3.05) is 32.8 Å². The summed E-state index contributed by atoms with van der Waals surface area (Å²) in [5, 5.41) is 4.10. The molecular weight excluding hydrogens is 268 g/mol. The van der Waals surface area contributed by atoms with E-state index in [4.69, 9.17) is 15.0 Å². The van der Waals surface area contributed by atoms with Gasteiger partial charge in [0.25, 0.3) is 0 Å². The van der Waals surface area contributed by atoms with Gasteiger partial charge < -0.3 is 15.0 Å². The predicted octanol–water partition coefficient (Wildman–Crippen LogP) is 1.55. The zero-order valence-electron chi connectivity index (χ0n) is 13.4. The highest BCUT2D eigenvalue weighted by molar-refractivity contribution is 5.25. The second kappa shape index (κ2) is 5.04. The molecule has 1 aromatic rings. The Morgan fingerprint density at radius 2 is 1.86 bits per heavy atom. The zero-order chi connectivity index (χ0) is 15.3. The first-order chi connectivity index (χ1) is 9.84. The first-order valence-electron chi connectivity index (χ1n) is 7.73. The lowest BCUT2D eigenvalue weighted by Gasteiger charge is -2.27. The van der Waals surface area contributed by atoms with Crippen molar-refractivity contribution < 1.29 is 9.26 Å². The Labute approximate surface area is 126 Å². The molecule has 118 valence electrons. The Balaban J connectivity index is 1.65. The monoisotopic (exact) mass is 294 g/mol. The summed E-state index contributed by atoms with van der Waals surface area (Å²) < 4.78 is 10.8. The van der Waals surface area contributed by atoms with Gasteiger partial charge in [0, 0.05) is 25.6 Å². The highest BCUT2D eigenvalue weighted by Gasteiger charge is 2.68. The zero-order valence-corrected chi connectivity index (χ0v) is 13.4. The Bertz CT molecular complexity index is 492. The second-order valence-corrected chi connectivity index (χ2v) is 7.39. The lowest BCUT2D eigenvalue weighted by Crippen LogP contribution is -2.40. The van der Waals surface area contributed by atoms with Crippen LogP contribution in [-0.2, 0) is 4.74 Å². The van der Waals surface area contributed by atoms with E-state index in [1.807, 2.05) is 0 Å². The third-order valence-corrected chi connectivity index (χ3v) is 5.62. The Morgan fingerprint density at radius 1 is 1.24 bits per heavy atom. The molecular formula is C15H26N4O2. The lowest BCUT2D eigenvalue weighted by atomic mass is 10.0. The minimum atomic E-state index is -0.203. The maximum Gasteiger partial charge on any atom is 0.230 e. The number of rotatable bonds is 4. The number of hydrogen-bond acceptors (Lipinski definition) is 6. The Hall–Kier alpha value is -0.980. The first-order valence-corrected chi connectivity index (χ1v) is 7.73. The van der Waals surface area contributed by atoms with Gasteiger partial charge in [-0.15, -0.1) is 0 Å². The number of hydrogen-bond donors (Lipinski definition) is 1. The van der Waals surface area contributed by atoms with Crippen molar-refractivity contribution in [2.45, 2.75) is 39.7 Å². The molecule has 1 atom stereocenters. The highest BCUT2D eigenvalue weighted by atomic mass is 16.5. The van der Waals surface area contributed by atoms with Gasteiger partial charge in [0.05, 0.1) is 19.3 Å². The van der Waals surface area contributed by atoms with Crippen LogP contribution in [0.4, 0.5) is 0 Å². The highest BCUT2D eigenvalue weighted by Crippen LogP contribution is 2.73. The van der Waals surface area contributed by atoms with E-state index in [1.54, 1.807) is 0 Å². The van der Waals surface area contributed by atoms with Crippen molar-refractivity contribution in [3.63, 3.8) is 0 Å². The molecule has 0 aromatic carbocycles. The van der Waals surface area contributed by atoms with Crippen LogP contribution in [0.3, 0.4) is 0 Å². The Morgan fingerprint density at radius 3 is 2.43 bits per heavy atom.